The van der Waals surface area contributed by atoms with Crippen LogP contribution in [0.1, 0.15) is 34.6 Å². The molecule has 1 aromatic carbocycles. The molecule has 4 atom stereocenters. The zero-order chi connectivity index (χ0) is 23.5. The van der Waals surface area contributed by atoms with Crippen molar-refractivity contribution >= 4 is 45.1 Å². The first-order chi connectivity index (χ1) is 14.3. The number of rotatable bonds is 7. The third-order valence-corrected chi connectivity index (χ3v) is 7.16. The fraction of sp³-hybridized carbons (Fsp3) is 0.600. The number of esters is 1. The summed E-state index contributed by atoms with van der Waals surface area (Å²) in [6, 6.07) is 3.04. The predicted octanol–water partition coefficient (Wildman–Crippen LogP) is 2.86. The van der Waals surface area contributed by atoms with Crippen LogP contribution in [0.3, 0.4) is 0 Å². The molecule has 31 heavy (non-hydrogen) atoms. The third kappa shape index (κ3) is 6.55. The van der Waals surface area contributed by atoms with Crippen LogP contribution in [-0.4, -0.2) is 62.6 Å². The number of sulfonamides is 1. The molecule has 1 aliphatic heterocycles. The Morgan fingerprint density at radius 3 is 2.13 bits per heavy atom. The van der Waals surface area contributed by atoms with Crippen LogP contribution >= 0.6 is 23.2 Å². The molecule has 0 saturated carbocycles. The maximum atomic E-state index is 12.9. The zero-order valence-electron chi connectivity index (χ0n) is 18.1. The lowest BCUT2D eigenvalue weighted by Crippen LogP contribution is -2.52. The summed E-state index contributed by atoms with van der Waals surface area (Å²) in [7, 11) is -4.23. The van der Waals surface area contributed by atoms with Gasteiger partial charge in [-0.15, -0.1) is 0 Å². The van der Waals surface area contributed by atoms with E-state index in [1.807, 2.05) is 13.8 Å². The minimum atomic E-state index is -4.23. The summed E-state index contributed by atoms with van der Waals surface area (Å²) < 4.78 is 39.0. The number of nitrogens with zero attached hydrogens (tertiary/aromatic N) is 1. The van der Waals surface area contributed by atoms with Gasteiger partial charge in [0.2, 0.25) is 10.0 Å². The topological polar surface area (TPSA) is 102 Å². The third-order valence-electron chi connectivity index (χ3n) is 4.76. The number of ether oxygens (including phenoxy) is 2. The van der Waals surface area contributed by atoms with E-state index in [2.05, 4.69) is 4.72 Å². The van der Waals surface area contributed by atoms with E-state index in [4.69, 9.17) is 32.7 Å². The molecule has 1 saturated heterocycles. The second-order valence-electron chi connectivity index (χ2n) is 7.97. The van der Waals surface area contributed by atoms with Gasteiger partial charge in [-0.3, -0.25) is 9.59 Å². The molecular weight excluding hydrogens is 467 g/mol. The summed E-state index contributed by atoms with van der Waals surface area (Å²) in [6.07, 6.45) is -1.35. The molecule has 1 aromatic rings. The molecule has 11 heteroatoms. The van der Waals surface area contributed by atoms with Crippen LogP contribution in [0, 0.1) is 5.92 Å². The molecule has 1 heterocycles. The van der Waals surface area contributed by atoms with Crippen molar-refractivity contribution in [3.05, 3.63) is 28.2 Å². The van der Waals surface area contributed by atoms with Gasteiger partial charge in [0.25, 0.3) is 5.91 Å². The van der Waals surface area contributed by atoms with Crippen LogP contribution in [0.15, 0.2) is 23.1 Å². The number of benzene rings is 1. The molecule has 1 fully saturated rings. The summed E-state index contributed by atoms with van der Waals surface area (Å²) in [4.78, 5) is 26.8. The Morgan fingerprint density at radius 1 is 1.13 bits per heavy atom. The van der Waals surface area contributed by atoms with E-state index in [-0.39, 0.29) is 33.1 Å². The molecule has 0 unspecified atom stereocenters. The molecule has 1 aliphatic rings. The van der Waals surface area contributed by atoms with Gasteiger partial charge in [-0.25, -0.2) is 8.42 Å². The summed E-state index contributed by atoms with van der Waals surface area (Å²) in [5.74, 6) is -1.69. The van der Waals surface area contributed by atoms with E-state index in [1.165, 1.54) is 25.1 Å². The van der Waals surface area contributed by atoms with Crippen molar-refractivity contribution in [3.8, 4) is 0 Å². The standard InChI is InChI=1S/C20H28Cl2N2O6S/c1-11(2)17(23-31(27,28)18-15(21)7-6-8-16(18)22)20(26)30-14(5)19(25)24-9-12(3)29-13(4)10-24/h6-8,11-14,17,23H,9-10H2,1-5H3/t12-,13+,14-,17+/m0/s1. The summed E-state index contributed by atoms with van der Waals surface area (Å²) in [5.41, 5.74) is 0. The quantitative estimate of drug-likeness (QED) is 0.584. The Hall–Kier alpha value is -1.39. The fourth-order valence-electron chi connectivity index (χ4n) is 3.33. The maximum Gasteiger partial charge on any atom is 0.325 e. The highest BCUT2D eigenvalue weighted by Crippen LogP contribution is 2.29. The molecular formula is C20H28Cl2N2O6S. The molecule has 0 bridgehead atoms. The number of carbonyl (C=O) groups excluding carboxylic acids is 2. The predicted molar refractivity (Wildman–Crippen MR) is 118 cm³/mol. The number of halogens is 2. The molecule has 8 nitrogen and oxygen atoms in total. The van der Waals surface area contributed by atoms with Crippen LogP contribution in [0.4, 0.5) is 0 Å². The van der Waals surface area contributed by atoms with Crippen molar-refractivity contribution in [1.29, 1.82) is 0 Å². The number of hydrogen-bond acceptors (Lipinski definition) is 6. The van der Waals surface area contributed by atoms with E-state index in [0.717, 1.165) is 0 Å². The summed E-state index contributed by atoms with van der Waals surface area (Å²) in [6.45, 7) is 9.25. The average Bonchev–Trinajstić information content (AvgIpc) is 2.64. The van der Waals surface area contributed by atoms with Crippen molar-refractivity contribution in [2.45, 2.75) is 63.9 Å². The van der Waals surface area contributed by atoms with Gasteiger partial charge in [-0.05, 0) is 38.8 Å². The first-order valence-corrected chi connectivity index (χ1v) is 12.2. The Labute approximate surface area is 193 Å². The highest BCUT2D eigenvalue weighted by atomic mass is 35.5. The lowest BCUT2D eigenvalue weighted by Gasteiger charge is -2.36. The normalized spacial score (nSPS) is 21.6. The van der Waals surface area contributed by atoms with E-state index in [0.29, 0.717) is 13.1 Å². The SMILES string of the molecule is CC(C)[C@@H](NS(=O)(=O)c1c(Cl)cccc1Cl)C(=O)O[C@@H](C)C(=O)N1C[C@@H](C)O[C@@H](C)C1. The number of morpholine rings is 1. The van der Waals surface area contributed by atoms with E-state index in [9.17, 15) is 18.0 Å². The minimum absolute atomic E-state index is 0.0741. The Balaban J connectivity index is 2.14. The van der Waals surface area contributed by atoms with Crippen molar-refractivity contribution < 1.29 is 27.5 Å². The lowest BCUT2D eigenvalue weighted by atomic mass is 10.1. The highest BCUT2D eigenvalue weighted by molar-refractivity contribution is 7.89. The van der Waals surface area contributed by atoms with E-state index >= 15 is 0 Å². The van der Waals surface area contributed by atoms with Gasteiger partial charge in [0.05, 0.1) is 22.3 Å². The first-order valence-electron chi connectivity index (χ1n) is 9.94. The maximum absolute atomic E-state index is 12.9. The van der Waals surface area contributed by atoms with Crippen molar-refractivity contribution in [1.82, 2.24) is 9.62 Å². The molecule has 0 radical (unpaired) electrons. The number of hydrogen-bond donors (Lipinski definition) is 1. The van der Waals surface area contributed by atoms with Crippen molar-refractivity contribution in [2.24, 2.45) is 5.92 Å². The van der Waals surface area contributed by atoms with Gasteiger partial charge < -0.3 is 14.4 Å². The number of carbonyl (C=O) groups is 2. The Kier molecular flexibility index (Phi) is 8.75. The fourth-order valence-corrected chi connectivity index (χ4v) is 5.81. The Morgan fingerprint density at radius 2 is 1.65 bits per heavy atom. The number of amides is 1. The summed E-state index contributed by atoms with van der Waals surface area (Å²) >= 11 is 12.0. The molecule has 2 rings (SSSR count). The average molecular weight is 495 g/mol. The Bertz CT molecular complexity index is 894. The van der Waals surface area contributed by atoms with Crippen molar-refractivity contribution in [2.75, 3.05) is 13.1 Å². The molecule has 0 spiro atoms. The van der Waals surface area contributed by atoms with Gasteiger partial charge in [0.15, 0.2) is 6.10 Å². The molecule has 1 amide bonds. The second-order valence-corrected chi connectivity index (χ2v) is 10.4. The zero-order valence-corrected chi connectivity index (χ0v) is 20.4. The van der Waals surface area contributed by atoms with Crippen LogP contribution in [0.5, 0.6) is 0 Å². The van der Waals surface area contributed by atoms with Gasteiger partial charge in [-0.2, -0.15) is 4.72 Å². The molecule has 174 valence electrons. The largest absolute Gasteiger partial charge is 0.451 e. The first kappa shape index (κ1) is 25.9. The van der Waals surface area contributed by atoms with Crippen molar-refractivity contribution in [3.63, 3.8) is 0 Å². The van der Waals surface area contributed by atoms with Crippen LogP contribution < -0.4 is 4.72 Å². The van der Waals surface area contributed by atoms with Crippen LogP contribution in [-0.2, 0) is 29.1 Å². The van der Waals surface area contributed by atoms with Gasteiger partial charge in [0.1, 0.15) is 10.9 Å². The van der Waals surface area contributed by atoms with Gasteiger partial charge >= 0.3 is 5.97 Å². The number of nitrogens with one attached hydrogen (secondary N) is 1. The smallest absolute Gasteiger partial charge is 0.325 e. The summed E-state index contributed by atoms with van der Waals surface area (Å²) in [5, 5.41) is -0.148. The van der Waals surface area contributed by atoms with E-state index < -0.39 is 34.1 Å². The van der Waals surface area contributed by atoms with Crippen LogP contribution in [0.2, 0.25) is 10.0 Å². The molecule has 0 aliphatic carbocycles. The van der Waals surface area contributed by atoms with Gasteiger partial charge in [0, 0.05) is 13.1 Å². The van der Waals surface area contributed by atoms with E-state index in [1.54, 1.807) is 18.7 Å². The highest BCUT2D eigenvalue weighted by Gasteiger charge is 2.35. The monoisotopic (exact) mass is 494 g/mol. The second kappa shape index (κ2) is 10.5. The lowest BCUT2D eigenvalue weighted by molar-refractivity contribution is -0.166. The molecule has 1 N–H and O–H groups in total. The van der Waals surface area contributed by atoms with Gasteiger partial charge in [-0.1, -0.05) is 43.1 Å². The minimum Gasteiger partial charge on any atom is -0.451 e. The van der Waals surface area contributed by atoms with Crippen LogP contribution in [0.25, 0.3) is 0 Å². The molecule has 0 aromatic heterocycles.